The van der Waals surface area contributed by atoms with Gasteiger partial charge in [-0.3, -0.25) is 0 Å². The molecule has 0 fully saturated rings. The van der Waals surface area contributed by atoms with Crippen LogP contribution in [0.1, 0.15) is 17.2 Å². The van der Waals surface area contributed by atoms with Crippen molar-refractivity contribution >= 4 is 0 Å². The average Bonchev–Trinajstić information content (AvgIpc) is 2.49. The van der Waals surface area contributed by atoms with Gasteiger partial charge in [0.05, 0.1) is 6.61 Å². The lowest BCUT2D eigenvalue weighted by molar-refractivity contribution is 0.153. The monoisotopic (exact) mass is 252 g/mol. The summed E-state index contributed by atoms with van der Waals surface area (Å²) >= 11 is 0. The van der Waals surface area contributed by atoms with Crippen LogP contribution in [0.4, 0.5) is 0 Å². The molecule has 0 saturated heterocycles. The van der Waals surface area contributed by atoms with E-state index < -0.39 is 6.10 Å². The maximum Gasteiger partial charge on any atom is 0.140 e. The average molecular weight is 252 g/mol. The molecule has 19 heavy (non-hydrogen) atoms. The first-order valence-corrected chi connectivity index (χ1v) is 6.19. The third-order valence-corrected chi connectivity index (χ3v) is 2.64. The number of aliphatic hydroxyl groups is 1. The van der Waals surface area contributed by atoms with Crippen LogP contribution in [0.3, 0.4) is 0 Å². The van der Waals surface area contributed by atoms with Crippen molar-refractivity contribution in [1.82, 2.24) is 0 Å². The van der Waals surface area contributed by atoms with Gasteiger partial charge in [0.1, 0.15) is 12.7 Å². The van der Waals surface area contributed by atoms with Crippen LogP contribution in [0.15, 0.2) is 60.7 Å². The van der Waals surface area contributed by atoms with Crippen molar-refractivity contribution in [1.29, 1.82) is 0 Å². The van der Waals surface area contributed by atoms with Gasteiger partial charge in [-0.25, -0.2) is 0 Å². The topological polar surface area (TPSA) is 29.5 Å². The summed E-state index contributed by atoms with van der Waals surface area (Å²) in [6.07, 6.45) is -0.749. The van der Waals surface area contributed by atoms with E-state index in [-0.39, 0.29) is 0 Å². The van der Waals surface area contributed by atoms with Gasteiger partial charge in [0, 0.05) is 0 Å². The number of hydrogen-bond acceptors (Lipinski definition) is 2. The summed E-state index contributed by atoms with van der Waals surface area (Å²) in [5, 5.41) is 9.81. The summed E-state index contributed by atoms with van der Waals surface area (Å²) in [5.74, 6) is 5.60. The highest BCUT2D eigenvalue weighted by Crippen LogP contribution is 2.10. The summed E-state index contributed by atoms with van der Waals surface area (Å²) in [7, 11) is 0. The second-order valence-corrected chi connectivity index (χ2v) is 4.11. The van der Waals surface area contributed by atoms with E-state index in [9.17, 15) is 5.11 Å². The molecule has 1 unspecified atom stereocenters. The van der Waals surface area contributed by atoms with Gasteiger partial charge in [0.15, 0.2) is 0 Å². The van der Waals surface area contributed by atoms with E-state index in [1.807, 2.05) is 60.7 Å². The van der Waals surface area contributed by atoms with Gasteiger partial charge in [-0.2, -0.15) is 0 Å². The zero-order chi connectivity index (χ0) is 13.3. The molecule has 0 saturated carbocycles. The highest BCUT2D eigenvalue weighted by Gasteiger charge is 2.00. The van der Waals surface area contributed by atoms with Gasteiger partial charge in [-0.15, -0.1) is 0 Å². The van der Waals surface area contributed by atoms with Crippen LogP contribution in [-0.4, -0.2) is 11.7 Å². The Labute approximate surface area is 113 Å². The number of rotatable bonds is 4. The van der Waals surface area contributed by atoms with Crippen LogP contribution >= 0.6 is 0 Å². The van der Waals surface area contributed by atoms with E-state index in [0.717, 1.165) is 11.1 Å². The number of benzene rings is 2. The highest BCUT2D eigenvalue weighted by molar-refractivity contribution is 5.24. The van der Waals surface area contributed by atoms with Crippen molar-refractivity contribution in [3.8, 4) is 11.8 Å². The van der Waals surface area contributed by atoms with E-state index in [1.165, 1.54) is 0 Å². The van der Waals surface area contributed by atoms with Gasteiger partial charge in [0.25, 0.3) is 0 Å². The fourth-order valence-corrected chi connectivity index (χ4v) is 1.65. The highest BCUT2D eigenvalue weighted by atomic mass is 16.5. The molecule has 0 aliphatic heterocycles. The molecular formula is C17H16O2. The Kier molecular flexibility index (Phi) is 5.18. The zero-order valence-corrected chi connectivity index (χ0v) is 10.6. The van der Waals surface area contributed by atoms with Crippen molar-refractivity contribution in [2.45, 2.75) is 12.7 Å². The zero-order valence-electron chi connectivity index (χ0n) is 10.6. The fourth-order valence-electron chi connectivity index (χ4n) is 1.65. The molecule has 0 amide bonds. The van der Waals surface area contributed by atoms with E-state index in [4.69, 9.17) is 4.74 Å². The molecule has 1 N–H and O–H groups in total. The Morgan fingerprint density at radius 2 is 1.58 bits per heavy atom. The molecule has 0 spiro atoms. The Morgan fingerprint density at radius 3 is 2.26 bits per heavy atom. The molecule has 0 aliphatic rings. The number of ether oxygens (including phenoxy) is 1. The Bertz CT molecular complexity index is 538. The first-order chi connectivity index (χ1) is 9.36. The Hall–Kier alpha value is -2.08. The molecule has 0 aromatic heterocycles. The molecule has 2 aromatic carbocycles. The molecular weight excluding hydrogens is 236 g/mol. The van der Waals surface area contributed by atoms with Crippen LogP contribution in [0.25, 0.3) is 0 Å². The maximum atomic E-state index is 9.81. The molecule has 2 nitrogen and oxygen atoms in total. The van der Waals surface area contributed by atoms with Gasteiger partial charge in [-0.1, -0.05) is 72.5 Å². The smallest absolute Gasteiger partial charge is 0.140 e. The summed E-state index contributed by atoms with van der Waals surface area (Å²) in [5.41, 5.74) is 1.92. The lowest BCUT2D eigenvalue weighted by Gasteiger charge is -2.02. The third-order valence-electron chi connectivity index (χ3n) is 2.64. The lowest BCUT2D eigenvalue weighted by atomic mass is 10.1. The summed E-state index contributed by atoms with van der Waals surface area (Å²) in [4.78, 5) is 0. The molecule has 1 atom stereocenters. The minimum Gasteiger partial charge on any atom is -0.376 e. The largest absolute Gasteiger partial charge is 0.376 e. The van der Waals surface area contributed by atoms with E-state index >= 15 is 0 Å². The number of hydrogen-bond donors (Lipinski definition) is 1. The second-order valence-electron chi connectivity index (χ2n) is 4.11. The molecule has 0 aliphatic carbocycles. The molecule has 2 aromatic rings. The maximum absolute atomic E-state index is 9.81. The van der Waals surface area contributed by atoms with Gasteiger partial charge in [-0.05, 0) is 11.1 Å². The molecule has 0 radical (unpaired) electrons. The van der Waals surface area contributed by atoms with E-state index in [0.29, 0.717) is 13.2 Å². The van der Waals surface area contributed by atoms with Crippen molar-refractivity contribution in [3.63, 3.8) is 0 Å². The minimum atomic E-state index is -0.749. The summed E-state index contributed by atoms with van der Waals surface area (Å²) in [6.45, 7) is 0.857. The number of aliphatic hydroxyl groups excluding tert-OH is 1. The van der Waals surface area contributed by atoms with Crippen LogP contribution < -0.4 is 0 Å². The standard InChI is InChI=1S/C17H16O2/c18-17(16-10-5-2-6-11-16)12-7-13-19-14-15-8-3-1-4-9-15/h1-6,8-11,17-18H,13-14H2. The van der Waals surface area contributed by atoms with Gasteiger partial charge in [0.2, 0.25) is 0 Å². The van der Waals surface area contributed by atoms with E-state index in [2.05, 4.69) is 11.8 Å². The Balaban J connectivity index is 1.76. The molecule has 2 heteroatoms. The summed E-state index contributed by atoms with van der Waals surface area (Å²) < 4.78 is 5.42. The second kappa shape index (κ2) is 7.38. The van der Waals surface area contributed by atoms with Crippen molar-refractivity contribution in [3.05, 3.63) is 71.8 Å². The van der Waals surface area contributed by atoms with Gasteiger partial charge >= 0.3 is 0 Å². The fraction of sp³-hybridized carbons (Fsp3) is 0.176. The van der Waals surface area contributed by atoms with Crippen LogP contribution in [0, 0.1) is 11.8 Å². The molecule has 96 valence electrons. The van der Waals surface area contributed by atoms with Crippen LogP contribution in [-0.2, 0) is 11.3 Å². The van der Waals surface area contributed by atoms with Crippen LogP contribution in [0.2, 0.25) is 0 Å². The van der Waals surface area contributed by atoms with Crippen molar-refractivity contribution < 1.29 is 9.84 Å². The molecule has 0 bridgehead atoms. The van der Waals surface area contributed by atoms with Crippen molar-refractivity contribution in [2.75, 3.05) is 6.61 Å². The summed E-state index contributed by atoms with van der Waals surface area (Å²) in [6, 6.07) is 19.3. The predicted octanol–water partition coefficient (Wildman–Crippen LogP) is 2.94. The Morgan fingerprint density at radius 1 is 0.947 bits per heavy atom. The van der Waals surface area contributed by atoms with Gasteiger partial charge < -0.3 is 9.84 Å². The predicted molar refractivity (Wildman–Crippen MR) is 75.3 cm³/mol. The normalized spacial score (nSPS) is 11.4. The van der Waals surface area contributed by atoms with Crippen molar-refractivity contribution in [2.24, 2.45) is 0 Å². The SMILES string of the molecule is OC(C#CCOCc1ccccc1)c1ccccc1. The lowest BCUT2D eigenvalue weighted by Crippen LogP contribution is -1.95. The third kappa shape index (κ3) is 4.59. The van der Waals surface area contributed by atoms with E-state index in [1.54, 1.807) is 0 Å². The first-order valence-electron chi connectivity index (χ1n) is 6.19. The van der Waals surface area contributed by atoms with Crippen LogP contribution in [0.5, 0.6) is 0 Å². The molecule has 0 heterocycles. The molecule has 2 rings (SSSR count). The quantitative estimate of drug-likeness (QED) is 0.669. The minimum absolute atomic E-state index is 0.318. The first kappa shape index (κ1) is 13.4.